The summed E-state index contributed by atoms with van der Waals surface area (Å²) in [7, 11) is 0. The third-order valence-electron chi connectivity index (χ3n) is 5.21. The van der Waals surface area contributed by atoms with Crippen molar-refractivity contribution < 1.29 is 9.53 Å². The molecule has 1 fully saturated rings. The highest BCUT2D eigenvalue weighted by Gasteiger charge is 2.27. The first kappa shape index (κ1) is 19.9. The van der Waals surface area contributed by atoms with Crippen LogP contribution in [0.2, 0.25) is 0 Å². The highest BCUT2D eigenvalue weighted by atomic mass is 16.6. The van der Waals surface area contributed by atoms with Gasteiger partial charge in [-0.05, 0) is 57.2 Å². The molecule has 0 aromatic carbocycles. The number of H-pyrrole nitrogens is 1. The number of piperidine rings is 1. The molecule has 0 radical (unpaired) electrons. The van der Waals surface area contributed by atoms with Crippen LogP contribution in [0.1, 0.15) is 45.1 Å². The first-order chi connectivity index (χ1) is 14.2. The van der Waals surface area contributed by atoms with Gasteiger partial charge in [0.05, 0.1) is 6.20 Å². The summed E-state index contributed by atoms with van der Waals surface area (Å²) in [4.78, 5) is 44.1. The van der Waals surface area contributed by atoms with Crippen LogP contribution >= 0.6 is 0 Å². The Bertz CT molecular complexity index is 1190. The Balaban J connectivity index is 1.51. The van der Waals surface area contributed by atoms with Gasteiger partial charge in [0.2, 0.25) is 0 Å². The maximum absolute atomic E-state index is 12.3. The van der Waals surface area contributed by atoms with Crippen LogP contribution in [0.25, 0.3) is 11.5 Å². The molecule has 9 heteroatoms. The standard InChI is InChI=1S/C21H25N5O4/c1-21(2,3)30-20(29)24-8-4-14(5-9-24)15-6-10-25-16(12-15)22-13-18(25)26-11-7-17(27)23-19(26)28/h6-7,10-14H,4-5,8-9H2,1-3H3,(H,23,27,28). The lowest BCUT2D eigenvalue weighted by atomic mass is 9.90. The number of rotatable bonds is 2. The average molecular weight is 411 g/mol. The number of imidazole rings is 1. The molecule has 0 atom stereocenters. The lowest BCUT2D eigenvalue weighted by Gasteiger charge is -2.33. The number of amides is 1. The Morgan fingerprint density at radius 3 is 2.57 bits per heavy atom. The molecule has 3 aromatic rings. The van der Waals surface area contributed by atoms with Crippen LogP contribution in [0.4, 0.5) is 4.79 Å². The van der Waals surface area contributed by atoms with E-state index >= 15 is 0 Å². The van der Waals surface area contributed by atoms with Crippen molar-refractivity contribution in [2.75, 3.05) is 13.1 Å². The van der Waals surface area contributed by atoms with Gasteiger partial charge in [-0.3, -0.25) is 18.7 Å². The minimum absolute atomic E-state index is 0.263. The van der Waals surface area contributed by atoms with E-state index in [9.17, 15) is 14.4 Å². The molecule has 0 aliphatic carbocycles. The van der Waals surface area contributed by atoms with Crippen molar-refractivity contribution in [1.29, 1.82) is 0 Å². The van der Waals surface area contributed by atoms with Crippen molar-refractivity contribution in [2.45, 2.75) is 45.1 Å². The van der Waals surface area contributed by atoms with Gasteiger partial charge in [-0.1, -0.05) is 0 Å². The Labute approximate surface area is 172 Å². The summed E-state index contributed by atoms with van der Waals surface area (Å²) in [6, 6.07) is 5.32. The van der Waals surface area contributed by atoms with Crippen LogP contribution < -0.4 is 11.2 Å². The zero-order valence-electron chi connectivity index (χ0n) is 17.3. The zero-order valence-corrected chi connectivity index (χ0v) is 17.3. The van der Waals surface area contributed by atoms with Gasteiger partial charge in [0.1, 0.15) is 17.1 Å². The Morgan fingerprint density at radius 1 is 1.17 bits per heavy atom. The van der Waals surface area contributed by atoms with Crippen LogP contribution in [-0.2, 0) is 4.74 Å². The van der Waals surface area contributed by atoms with Crippen molar-refractivity contribution in [3.8, 4) is 5.82 Å². The van der Waals surface area contributed by atoms with Crippen LogP contribution in [0, 0.1) is 0 Å². The van der Waals surface area contributed by atoms with E-state index in [2.05, 4.69) is 9.97 Å². The Kier molecular flexibility index (Phi) is 4.97. The SMILES string of the molecule is CC(C)(C)OC(=O)N1CCC(c2ccn3c(-n4ccc(=O)[nH]c4=O)cnc3c2)CC1. The number of nitrogens with zero attached hydrogens (tertiary/aromatic N) is 4. The molecule has 1 aliphatic heterocycles. The molecule has 158 valence electrons. The first-order valence-electron chi connectivity index (χ1n) is 9.98. The maximum Gasteiger partial charge on any atom is 0.410 e. The lowest BCUT2D eigenvalue weighted by molar-refractivity contribution is 0.0205. The molecule has 0 saturated carbocycles. The van der Waals surface area contributed by atoms with E-state index in [1.165, 1.54) is 16.8 Å². The van der Waals surface area contributed by atoms with Crippen molar-refractivity contribution >= 4 is 11.7 Å². The first-order valence-corrected chi connectivity index (χ1v) is 9.98. The van der Waals surface area contributed by atoms with Crippen molar-refractivity contribution in [1.82, 2.24) is 23.8 Å². The smallest absolute Gasteiger partial charge is 0.410 e. The highest BCUT2D eigenvalue weighted by molar-refractivity contribution is 5.68. The molecule has 0 bridgehead atoms. The summed E-state index contributed by atoms with van der Waals surface area (Å²) >= 11 is 0. The minimum Gasteiger partial charge on any atom is -0.444 e. The van der Waals surface area contributed by atoms with E-state index in [4.69, 9.17) is 4.74 Å². The molecular formula is C21H25N5O4. The number of carbonyl (C=O) groups excluding carboxylic acids is 1. The largest absolute Gasteiger partial charge is 0.444 e. The van der Waals surface area contributed by atoms with Crippen LogP contribution in [0.15, 0.2) is 46.4 Å². The third-order valence-corrected chi connectivity index (χ3v) is 5.21. The fourth-order valence-electron chi connectivity index (χ4n) is 3.73. The van der Waals surface area contributed by atoms with Gasteiger partial charge in [-0.2, -0.15) is 0 Å². The molecule has 4 heterocycles. The lowest BCUT2D eigenvalue weighted by Crippen LogP contribution is -2.41. The second-order valence-corrected chi connectivity index (χ2v) is 8.53. The fourth-order valence-corrected chi connectivity index (χ4v) is 3.73. The molecule has 3 aromatic heterocycles. The molecule has 1 amide bonds. The van der Waals surface area contributed by atoms with E-state index in [1.54, 1.807) is 15.5 Å². The second-order valence-electron chi connectivity index (χ2n) is 8.53. The number of hydrogen-bond donors (Lipinski definition) is 1. The zero-order chi connectivity index (χ0) is 21.5. The predicted molar refractivity (Wildman–Crippen MR) is 111 cm³/mol. The normalized spacial score (nSPS) is 15.5. The minimum atomic E-state index is -0.511. The average Bonchev–Trinajstić information content (AvgIpc) is 3.10. The van der Waals surface area contributed by atoms with Crippen LogP contribution in [0.3, 0.4) is 0 Å². The third kappa shape index (κ3) is 4.00. The van der Waals surface area contributed by atoms with E-state index in [0.29, 0.717) is 24.8 Å². The summed E-state index contributed by atoms with van der Waals surface area (Å²) in [5.74, 6) is 0.877. The molecular weight excluding hydrogens is 386 g/mol. The van der Waals surface area contributed by atoms with Crippen molar-refractivity contribution in [3.05, 3.63) is 63.2 Å². The van der Waals surface area contributed by atoms with Gasteiger partial charge in [0.25, 0.3) is 5.56 Å². The van der Waals surface area contributed by atoms with Crippen molar-refractivity contribution in [2.24, 2.45) is 0 Å². The molecule has 30 heavy (non-hydrogen) atoms. The molecule has 0 spiro atoms. The number of aromatic amines is 1. The van der Waals surface area contributed by atoms with Crippen LogP contribution in [0.5, 0.6) is 0 Å². The summed E-state index contributed by atoms with van der Waals surface area (Å²) in [5, 5.41) is 0. The number of fused-ring (bicyclic) bond motifs is 1. The monoisotopic (exact) mass is 411 g/mol. The highest BCUT2D eigenvalue weighted by Crippen LogP contribution is 2.29. The Hall–Kier alpha value is -3.36. The van der Waals surface area contributed by atoms with Gasteiger partial charge in [-0.15, -0.1) is 0 Å². The van der Waals surface area contributed by atoms with Gasteiger partial charge in [0, 0.05) is 31.5 Å². The second kappa shape index (κ2) is 7.47. The van der Waals surface area contributed by atoms with Crippen molar-refractivity contribution in [3.63, 3.8) is 0 Å². The molecule has 9 nitrogen and oxygen atoms in total. The van der Waals surface area contributed by atoms with Gasteiger partial charge in [-0.25, -0.2) is 14.6 Å². The predicted octanol–water partition coefficient (Wildman–Crippen LogP) is 2.29. The molecule has 4 rings (SSSR count). The molecule has 0 unspecified atom stereocenters. The number of pyridine rings is 1. The molecule has 1 aliphatic rings. The fraction of sp³-hybridized carbons (Fsp3) is 0.429. The number of aromatic nitrogens is 4. The van der Waals surface area contributed by atoms with E-state index in [0.717, 1.165) is 24.1 Å². The number of likely N-dealkylation sites (tertiary alicyclic amines) is 1. The Morgan fingerprint density at radius 2 is 1.90 bits per heavy atom. The van der Waals surface area contributed by atoms with Crippen LogP contribution in [-0.4, -0.2) is 48.6 Å². The summed E-state index contributed by atoms with van der Waals surface area (Å²) < 4.78 is 8.61. The number of nitrogens with one attached hydrogen (secondary N) is 1. The topological polar surface area (TPSA) is 102 Å². The summed E-state index contributed by atoms with van der Waals surface area (Å²) in [5.41, 5.74) is 0.422. The molecule has 1 saturated heterocycles. The van der Waals surface area contributed by atoms with Gasteiger partial charge >= 0.3 is 11.8 Å². The quantitative estimate of drug-likeness (QED) is 0.697. The summed E-state index contributed by atoms with van der Waals surface area (Å²) in [6.07, 6.45) is 6.35. The molecule has 1 N–H and O–H groups in total. The van der Waals surface area contributed by atoms with Gasteiger partial charge in [0.15, 0.2) is 0 Å². The number of ether oxygens (including phenoxy) is 1. The van der Waals surface area contributed by atoms with E-state index in [1.807, 2.05) is 39.1 Å². The number of carbonyl (C=O) groups is 1. The number of hydrogen-bond acceptors (Lipinski definition) is 5. The van der Waals surface area contributed by atoms with E-state index < -0.39 is 16.9 Å². The summed E-state index contributed by atoms with van der Waals surface area (Å²) in [6.45, 7) is 6.90. The maximum atomic E-state index is 12.3. The van der Waals surface area contributed by atoms with E-state index in [-0.39, 0.29) is 6.09 Å². The van der Waals surface area contributed by atoms with Gasteiger partial charge < -0.3 is 9.64 Å².